The largest absolute Gasteiger partial charge is 0.465 e. The molecule has 1 aromatic heterocycles. The highest BCUT2D eigenvalue weighted by Gasteiger charge is 2.11. The molecule has 0 atom stereocenters. The molecule has 6 heteroatoms. The minimum Gasteiger partial charge on any atom is -0.465 e. The molecular weight excluding hydrogens is 323 g/mol. The number of anilines is 1. The number of pyridine rings is 1. The maximum absolute atomic E-state index is 14.0. The second-order valence-electron chi connectivity index (χ2n) is 5.50. The molecule has 2 N–H and O–H groups in total. The topological polar surface area (TPSA) is 71.5 Å². The average Bonchev–Trinajstić information content (AvgIpc) is 2.65. The van der Waals surface area contributed by atoms with Gasteiger partial charge < -0.3 is 15.2 Å². The fourth-order valence-electron chi connectivity index (χ4n) is 2.57. The van der Waals surface area contributed by atoms with Crippen molar-refractivity contribution in [3.63, 3.8) is 0 Å². The predicted molar refractivity (Wildman–Crippen MR) is 92.7 cm³/mol. The fraction of sp³-hybridized carbons (Fsp3) is 0.158. The van der Waals surface area contributed by atoms with Crippen molar-refractivity contribution in [1.29, 1.82) is 0 Å². The maximum Gasteiger partial charge on any atom is 0.337 e. The van der Waals surface area contributed by atoms with Gasteiger partial charge in [-0.1, -0.05) is 18.2 Å². The Hall–Kier alpha value is -2.99. The quantitative estimate of drug-likeness (QED) is 0.698. The van der Waals surface area contributed by atoms with Crippen LogP contribution in [0.4, 0.5) is 10.2 Å². The molecule has 1 heterocycles. The van der Waals surface area contributed by atoms with Crippen molar-refractivity contribution in [2.75, 3.05) is 12.4 Å². The normalized spacial score (nSPS) is 10.7. The fourth-order valence-corrected chi connectivity index (χ4v) is 2.57. The predicted octanol–water partition coefficient (Wildman–Crippen LogP) is 3.26. The number of fused-ring (bicyclic) bond motifs is 1. The summed E-state index contributed by atoms with van der Waals surface area (Å²) in [5.41, 5.74) is 1.96. The first-order chi connectivity index (χ1) is 12.1. The van der Waals surface area contributed by atoms with Crippen LogP contribution in [0.25, 0.3) is 10.9 Å². The number of aliphatic hydroxyl groups is 1. The number of esters is 1. The number of hydrogen-bond donors (Lipinski definition) is 2. The average molecular weight is 340 g/mol. The number of ether oxygens (including phenoxy) is 1. The molecule has 5 nitrogen and oxygen atoms in total. The number of aliphatic hydroxyl groups excluding tert-OH is 1. The number of carbonyl (C=O) groups is 1. The smallest absolute Gasteiger partial charge is 0.337 e. The highest BCUT2D eigenvalue weighted by atomic mass is 19.1. The molecule has 0 fully saturated rings. The molecular formula is C19H17FN2O3. The molecule has 2 aromatic carbocycles. The summed E-state index contributed by atoms with van der Waals surface area (Å²) >= 11 is 0. The lowest BCUT2D eigenvalue weighted by atomic mass is 10.1. The van der Waals surface area contributed by atoms with E-state index >= 15 is 0 Å². The Kier molecular flexibility index (Phi) is 4.90. The summed E-state index contributed by atoms with van der Waals surface area (Å²) in [5, 5.41) is 13.5. The monoisotopic (exact) mass is 340 g/mol. The minimum absolute atomic E-state index is 0.120. The van der Waals surface area contributed by atoms with Gasteiger partial charge in [0.15, 0.2) is 0 Å². The summed E-state index contributed by atoms with van der Waals surface area (Å²) in [5.74, 6) is -0.489. The molecule has 0 aliphatic carbocycles. The van der Waals surface area contributed by atoms with Crippen molar-refractivity contribution < 1.29 is 19.0 Å². The molecule has 25 heavy (non-hydrogen) atoms. The lowest BCUT2D eigenvalue weighted by Gasteiger charge is -2.12. The van der Waals surface area contributed by atoms with Gasteiger partial charge in [-0.15, -0.1) is 0 Å². The van der Waals surface area contributed by atoms with Crippen LogP contribution < -0.4 is 5.32 Å². The van der Waals surface area contributed by atoms with E-state index in [2.05, 4.69) is 15.0 Å². The molecule has 0 bridgehead atoms. The van der Waals surface area contributed by atoms with Crippen molar-refractivity contribution in [2.24, 2.45) is 0 Å². The SMILES string of the molecule is COC(=O)c1ccc(F)c(CNc2nc3ccccc3cc2CO)c1. The number of para-hydroxylation sites is 1. The van der Waals surface area contributed by atoms with Crippen LogP contribution in [0.15, 0.2) is 48.5 Å². The number of aromatic nitrogens is 1. The van der Waals surface area contributed by atoms with Crippen LogP contribution in [0, 0.1) is 5.82 Å². The Morgan fingerprint density at radius 1 is 1.20 bits per heavy atom. The van der Waals surface area contributed by atoms with Gasteiger partial charge in [0.2, 0.25) is 0 Å². The number of nitrogens with zero attached hydrogens (tertiary/aromatic N) is 1. The van der Waals surface area contributed by atoms with E-state index in [4.69, 9.17) is 0 Å². The Bertz CT molecular complexity index is 928. The number of benzene rings is 2. The Labute approximate surface area is 144 Å². The first-order valence-corrected chi connectivity index (χ1v) is 7.72. The van der Waals surface area contributed by atoms with E-state index in [-0.39, 0.29) is 18.7 Å². The standard InChI is InChI=1S/C19H17FN2O3/c1-25-19(24)13-6-7-16(20)14(9-13)10-21-18-15(11-23)8-12-4-2-3-5-17(12)22-18/h2-9,23H,10-11H2,1H3,(H,21,22). The summed E-state index contributed by atoms with van der Waals surface area (Å²) < 4.78 is 18.7. The number of nitrogens with one attached hydrogen (secondary N) is 1. The van der Waals surface area contributed by atoms with E-state index in [0.29, 0.717) is 16.9 Å². The number of methoxy groups -OCH3 is 1. The van der Waals surface area contributed by atoms with Gasteiger partial charge in [0, 0.05) is 23.1 Å². The summed E-state index contributed by atoms with van der Waals surface area (Å²) in [7, 11) is 1.27. The molecule has 3 aromatic rings. The molecule has 0 spiro atoms. The van der Waals surface area contributed by atoms with Gasteiger partial charge in [-0.3, -0.25) is 0 Å². The zero-order valence-electron chi connectivity index (χ0n) is 13.6. The number of carbonyl (C=O) groups excluding carboxylic acids is 1. The molecule has 0 unspecified atom stereocenters. The second kappa shape index (κ2) is 7.27. The molecule has 0 aliphatic heterocycles. The van der Waals surface area contributed by atoms with E-state index in [1.54, 1.807) is 0 Å². The third kappa shape index (κ3) is 3.59. The van der Waals surface area contributed by atoms with Gasteiger partial charge >= 0.3 is 5.97 Å². The highest BCUT2D eigenvalue weighted by molar-refractivity contribution is 5.89. The molecule has 0 saturated heterocycles. The van der Waals surface area contributed by atoms with Crippen LogP contribution in [-0.2, 0) is 17.9 Å². The molecule has 128 valence electrons. The number of hydrogen-bond acceptors (Lipinski definition) is 5. The van der Waals surface area contributed by atoms with Crippen molar-refractivity contribution in [1.82, 2.24) is 4.98 Å². The van der Waals surface area contributed by atoms with E-state index in [1.165, 1.54) is 25.3 Å². The van der Waals surface area contributed by atoms with Crippen LogP contribution in [0.3, 0.4) is 0 Å². The van der Waals surface area contributed by atoms with Crippen LogP contribution in [0.1, 0.15) is 21.5 Å². The number of halogens is 1. The minimum atomic E-state index is -0.527. The van der Waals surface area contributed by atoms with Crippen molar-refractivity contribution in [3.05, 3.63) is 71.0 Å². The Balaban J connectivity index is 1.88. The second-order valence-corrected chi connectivity index (χ2v) is 5.50. The van der Waals surface area contributed by atoms with E-state index < -0.39 is 11.8 Å². The van der Waals surface area contributed by atoms with Gasteiger partial charge in [-0.2, -0.15) is 0 Å². The van der Waals surface area contributed by atoms with Crippen LogP contribution in [0.5, 0.6) is 0 Å². The third-order valence-corrected chi connectivity index (χ3v) is 3.89. The lowest BCUT2D eigenvalue weighted by Crippen LogP contribution is -2.09. The van der Waals surface area contributed by atoms with Gasteiger partial charge in [-0.05, 0) is 30.3 Å². The Morgan fingerprint density at radius 2 is 2.00 bits per heavy atom. The van der Waals surface area contributed by atoms with Crippen molar-refractivity contribution >= 4 is 22.7 Å². The van der Waals surface area contributed by atoms with Crippen molar-refractivity contribution in [3.8, 4) is 0 Å². The van der Waals surface area contributed by atoms with Gasteiger partial charge in [0.25, 0.3) is 0 Å². The van der Waals surface area contributed by atoms with Crippen LogP contribution in [-0.4, -0.2) is 23.2 Å². The lowest BCUT2D eigenvalue weighted by molar-refractivity contribution is 0.0600. The molecule has 3 rings (SSSR count). The number of rotatable bonds is 5. The summed E-state index contributed by atoms with van der Waals surface area (Å²) in [6.07, 6.45) is 0. The molecule has 0 radical (unpaired) electrons. The summed E-state index contributed by atoms with van der Waals surface area (Å²) in [4.78, 5) is 16.1. The zero-order valence-corrected chi connectivity index (χ0v) is 13.6. The summed E-state index contributed by atoms with van der Waals surface area (Å²) in [6, 6.07) is 13.4. The van der Waals surface area contributed by atoms with Crippen molar-refractivity contribution in [2.45, 2.75) is 13.2 Å². The molecule has 0 aliphatic rings. The van der Waals surface area contributed by atoms with Gasteiger partial charge in [-0.25, -0.2) is 14.2 Å². The van der Waals surface area contributed by atoms with E-state index in [0.717, 1.165) is 10.9 Å². The van der Waals surface area contributed by atoms with Crippen LogP contribution in [0.2, 0.25) is 0 Å². The zero-order chi connectivity index (χ0) is 17.8. The Morgan fingerprint density at radius 3 is 2.76 bits per heavy atom. The van der Waals surface area contributed by atoms with Gasteiger partial charge in [0.1, 0.15) is 11.6 Å². The maximum atomic E-state index is 14.0. The molecule has 0 amide bonds. The molecule has 0 saturated carbocycles. The van der Waals surface area contributed by atoms with Gasteiger partial charge in [0.05, 0.1) is 24.8 Å². The third-order valence-electron chi connectivity index (χ3n) is 3.89. The van der Waals surface area contributed by atoms with E-state index in [9.17, 15) is 14.3 Å². The first kappa shape index (κ1) is 16.9. The van der Waals surface area contributed by atoms with E-state index in [1.807, 2.05) is 30.3 Å². The summed E-state index contributed by atoms with van der Waals surface area (Å²) in [6.45, 7) is -0.0696. The highest BCUT2D eigenvalue weighted by Crippen LogP contribution is 2.22. The van der Waals surface area contributed by atoms with Crippen LogP contribution >= 0.6 is 0 Å². The first-order valence-electron chi connectivity index (χ1n) is 7.72.